The fraction of sp³-hybridized carbons (Fsp3) is 0.286. The van der Waals surface area contributed by atoms with Crippen molar-refractivity contribution in [2.24, 2.45) is 0 Å². The second-order valence-corrected chi connectivity index (χ2v) is 11.0. The van der Waals surface area contributed by atoms with Crippen LogP contribution in [0.2, 0.25) is 0 Å². The molecule has 1 heterocycles. The number of aliphatic carboxylic acids is 2. The van der Waals surface area contributed by atoms with Crippen LogP contribution in [0.25, 0.3) is 10.9 Å². The number of H-pyrrole nitrogens is 1. The number of carboxylic acid groups (broad SMARTS) is 2. The van der Waals surface area contributed by atoms with Gasteiger partial charge in [-0.1, -0.05) is 67.6 Å². The number of aromatic amines is 1. The molecule has 0 unspecified atom stereocenters. The number of nitrogens with one attached hydrogen (secondary N) is 2. The molecule has 13 nitrogen and oxygen atoms in total. The quantitative estimate of drug-likeness (QED) is 0.0967. The number of carboxylic acids is 2. The molecule has 0 aliphatic heterocycles. The summed E-state index contributed by atoms with van der Waals surface area (Å²) >= 11 is 0. The van der Waals surface area contributed by atoms with Crippen LogP contribution in [0.3, 0.4) is 0 Å². The van der Waals surface area contributed by atoms with Crippen LogP contribution in [0.15, 0.2) is 85.1 Å². The maximum Gasteiger partial charge on any atom is 0.514 e. The van der Waals surface area contributed by atoms with Crippen molar-refractivity contribution in [1.29, 1.82) is 0 Å². The lowest BCUT2D eigenvalue weighted by atomic mass is 9.88. The van der Waals surface area contributed by atoms with Gasteiger partial charge in [0, 0.05) is 30.1 Å². The van der Waals surface area contributed by atoms with E-state index in [2.05, 4.69) is 10.3 Å². The third-order valence-electron chi connectivity index (χ3n) is 7.89. The Labute approximate surface area is 276 Å². The van der Waals surface area contributed by atoms with E-state index in [4.69, 9.17) is 14.2 Å². The first-order chi connectivity index (χ1) is 23.1. The lowest BCUT2D eigenvalue weighted by molar-refractivity contribution is -0.165. The summed E-state index contributed by atoms with van der Waals surface area (Å²) in [5.41, 5.74) is 0.547. The topological polar surface area (TPSA) is 185 Å². The van der Waals surface area contributed by atoms with Gasteiger partial charge in [-0.3, -0.25) is 9.59 Å². The Kier molecular flexibility index (Phi) is 11.8. The molecule has 0 radical (unpaired) electrons. The van der Waals surface area contributed by atoms with Crippen LogP contribution in [-0.2, 0) is 43.5 Å². The molecule has 2 amide bonds. The Morgan fingerprint density at radius 2 is 1.50 bits per heavy atom. The molecule has 0 bridgehead atoms. The van der Waals surface area contributed by atoms with Crippen molar-refractivity contribution in [3.63, 3.8) is 0 Å². The number of fused-ring (bicyclic) bond motifs is 1. The molecule has 48 heavy (non-hydrogen) atoms. The minimum atomic E-state index is -2.08. The van der Waals surface area contributed by atoms with Gasteiger partial charge in [0.1, 0.15) is 25.0 Å². The van der Waals surface area contributed by atoms with Gasteiger partial charge in [0.2, 0.25) is 5.91 Å². The predicted molar refractivity (Wildman–Crippen MR) is 173 cm³/mol. The van der Waals surface area contributed by atoms with Gasteiger partial charge in [-0.2, -0.15) is 0 Å². The minimum absolute atomic E-state index is 0.0125. The van der Waals surface area contributed by atoms with Gasteiger partial charge >= 0.3 is 24.2 Å². The van der Waals surface area contributed by atoms with Gasteiger partial charge < -0.3 is 39.6 Å². The zero-order valence-electron chi connectivity index (χ0n) is 26.5. The average molecular weight is 660 g/mol. The van der Waals surface area contributed by atoms with Gasteiger partial charge in [0.25, 0.3) is 0 Å². The molecule has 0 spiro atoms. The number of benzene rings is 3. The summed E-state index contributed by atoms with van der Waals surface area (Å²) in [6.07, 6.45) is -1.45. The molecule has 0 saturated carbocycles. The van der Waals surface area contributed by atoms with E-state index in [1.807, 2.05) is 24.3 Å². The monoisotopic (exact) mass is 659 g/mol. The number of carbonyl (C=O) groups excluding carboxylic acids is 3. The van der Waals surface area contributed by atoms with Crippen molar-refractivity contribution in [3.8, 4) is 5.75 Å². The van der Waals surface area contributed by atoms with Crippen LogP contribution in [0.5, 0.6) is 5.75 Å². The second-order valence-electron chi connectivity index (χ2n) is 11.0. The molecule has 2 atom stereocenters. The van der Waals surface area contributed by atoms with Crippen LogP contribution < -0.4 is 10.1 Å². The van der Waals surface area contributed by atoms with Gasteiger partial charge in [-0.05, 0) is 48.2 Å². The zero-order valence-corrected chi connectivity index (χ0v) is 26.5. The van der Waals surface area contributed by atoms with Crippen molar-refractivity contribution in [2.45, 2.75) is 57.9 Å². The van der Waals surface area contributed by atoms with Crippen molar-refractivity contribution in [2.75, 3.05) is 6.54 Å². The molecule has 0 aliphatic rings. The molecule has 3 aromatic carbocycles. The first-order valence-corrected chi connectivity index (χ1v) is 15.3. The summed E-state index contributed by atoms with van der Waals surface area (Å²) in [7, 11) is 0. The highest BCUT2D eigenvalue weighted by molar-refractivity contribution is 5.94. The van der Waals surface area contributed by atoms with E-state index in [1.165, 1.54) is 13.8 Å². The largest absolute Gasteiger partial charge is 0.514 e. The standard InChI is InChI=1S/C35H37N3O10/c1-3-35(32(42)43,19-30(39)40)38(4-2)31(41)29(37-33(44)46-21-23-11-7-5-8-12-23)17-25-20-36-28-16-15-26(18-27(25)28)48-34(45)47-22-24-13-9-6-10-14-24/h5-16,18,20,29,36H,3-4,17,19,21-22H2,1-2H3,(H,37,44)(H,39,40)(H,42,43)/t29-,35-/m0/s1. The Hall–Kier alpha value is -5.85. The third-order valence-corrected chi connectivity index (χ3v) is 7.89. The number of rotatable bonds is 15. The maximum atomic E-state index is 14.1. The number of hydrogen-bond acceptors (Lipinski definition) is 8. The van der Waals surface area contributed by atoms with E-state index < -0.39 is 48.1 Å². The lowest BCUT2D eigenvalue weighted by Crippen LogP contribution is -2.62. The molecule has 13 heteroatoms. The van der Waals surface area contributed by atoms with Gasteiger partial charge in [0.15, 0.2) is 5.54 Å². The Morgan fingerprint density at radius 1 is 0.875 bits per heavy atom. The van der Waals surface area contributed by atoms with Crippen LogP contribution in [0.1, 0.15) is 43.4 Å². The number of hydrogen-bond donors (Lipinski definition) is 4. The van der Waals surface area contributed by atoms with Crippen LogP contribution in [-0.4, -0.2) is 68.3 Å². The molecule has 1 aromatic heterocycles. The van der Waals surface area contributed by atoms with Gasteiger partial charge in [0.05, 0.1) is 6.42 Å². The molecule has 0 fully saturated rings. The highest BCUT2D eigenvalue weighted by atomic mass is 16.7. The highest BCUT2D eigenvalue weighted by Gasteiger charge is 2.48. The minimum Gasteiger partial charge on any atom is -0.481 e. The Bertz CT molecular complexity index is 1740. The lowest BCUT2D eigenvalue weighted by Gasteiger charge is -2.40. The van der Waals surface area contributed by atoms with E-state index >= 15 is 0 Å². The number of ether oxygens (including phenoxy) is 3. The molecule has 4 aromatic rings. The highest BCUT2D eigenvalue weighted by Crippen LogP contribution is 2.29. The maximum absolute atomic E-state index is 14.1. The molecule has 252 valence electrons. The van der Waals surface area contributed by atoms with Gasteiger partial charge in [-0.15, -0.1) is 0 Å². The summed E-state index contributed by atoms with van der Waals surface area (Å²) in [4.78, 5) is 67.9. The molecule has 4 N–H and O–H groups in total. The van der Waals surface area contributed by atoms with E-state index in [0.29, 0.717) is 22.0 Å². The second kappa shape index (κ2) is 16.1. The summed E-state index contributed by atoms with van der Waals surface area (Å²) in [6, 6.07) is 21.4. The van der Waals surface area contributed by atoms with E-state index in [0.717, 1.165) is 10.5 Å². The fourth-order valence-corrected chi connectivity index (χ4v) is 5.42. The summed E-state index contributed by atoms with van der Waals surface area (Å²) < 4.78 is 15.9. The fourth-order valence-electron chi connectivity index (χ4n) is 5.42. The number of likely N-dealkylation sites (N-methyl/N-ethyl adjacent to an activating group) is 1. The Morgan fingerprint density at radius 3 is 2.06 bits per heavy atom. The first kappa shape index (κ1) is 35.0. The van der Waals surface area contributed by atoms with Crippen LogP contribution in [0.4, 0.5) is 9.59 Å². The smallest absolute Gasteiger partial charge is 0.481 e. The van der Waals surface area contributed by atoms with Gasteiger partial charge in [-0.25, -0.2) is 14.4 Å². The molecule has 0 saturated heterocycles. The summed E-state index contributed by atoms with van der Waals surface area (Å²) in [6.45, 7) is 2.78. The van der Waals surface area contributed by atoms with E-state index in [1.54, 1.807) is 60.8 Å². The molecular weight excluding hydrogens is 622 g/mol. The van der Waals surface area contributed by atoms with E-state index in [9.17, 15) is 34.2 Å². The normalized spacial score (nSPS) is 12.7. The number of carbonyl (C=O) groups is 5. The SMILES string of the molecule is CCN(C(=O)[C@H](Cc1c[nH]c2ccc(OC(=O)OCc3ccccc3)cc12)NC(=O)OCc1ccccc1)[C@@](CC)(CC(=O)O)C(=O)O. The van der Waals surface area contributed by atoms with Crippen molar-refractivity contribution >= 4 is 41.0 Å². The molecular formula is C35H37N3O10. The summed E-state index contributed by atoms with van der Waals surface area (Å²) in [5, 5.41) is 22.9. The first-order valence-electron chi connectivity index (χ1n) is 15.3. The average Bonchev–Trinajstić information content (AvgIpc) is 3.48. The third kappa shape index (κ3) is 8.69. The van der Waals surface area contributed by atoms with Crippen molar-refractivity contribution < 1.29 is 48.4 Å². The number of nitrogens with zero attached hydrogens (tertiary/aromatic N) is 1. The van der Waals surface area contributed by atoms with Crippen LogP contribution >= 0.6 is 0 Å². The number of amides is 2. The predicted octanol–water partition coefficient (Wildman–Crippen LogP) is 5.28. The van der Waals surface area contributed by atoms with Crippen molar-refractivity contribution in [3.05, 3.63) is 102 Å². The Balaban J connectivity index is 1.60. The molecule has 0 aliphatic carbocycles. The van der Waals surface area contributed by atoms with E-state index in [-0.39, 0.29) is 38.3 Å². The number of alkyl carbamates (subject to hydrolysis) is 1. The van der Waals surface area contributed by atoms with Crippen molar-refractivity contribution in [1.82, 2.24) is 15.2 Å². The summed E-state index contributed by atoms with van der Waals surface area (Å²) in [5.74, 6) is -3.54. The van der Waals surface area contributed by atoms with Crippen LogP contribution in [0, 0.1) is 0 Å². The number of aromatic nitrogens is 1. The zero-order chi connectivity index (χ0) is 34.7. The molecule has 4 rings (SSSR count).